The Hall–Kier alpha value is -0.0400. The third kappa shape index (κ3) is 1.46. The average Bonchev–Trinajstić information content (AvgIpc) is 2.72. The first kappa shape index (κ1) is 10.1. The Morgan fingerprint density at radius 1 is 1.27 bits per heavy atom. The monoisotopic (exact) mass is 207 g/mol. The molecule has 1 heteroatoms. The molecule has 3 atom stereocenters. The Labute approximate surface area is 94.2 Å². The molecule has 0 spiro atoms. The third-order valence-corrected chi connectivity index (χ3v) is 5.10. The highest BCUT2D eigenvalue weighted by molar-refractivity contribution is 5.09. The second kappa shape index (κ2) is 3.48. The van der Waals surface area contributed by atoms with E-state index in [1.54, 1.807) is 0 Å². The van der Waals surface area contributed by atoms with Crippen molar-refractivity contribution in [3.8, 4) is 0 Å². The average molecular weight is 207 g/mol. The minimum Gasteiger partial charge on any atom is -0.294 e. The summed E-state index contributed by atoms with van der Waals surface area (Å²) in [5.74, 6) is 1.95. The molecule has 3 rings (SSSR count). The minimum absolute atomic E-state index is 0.657. The van der Waals surface area contributed by atoms with Gasteiger partial charge in [-0.15, -0.1) is 0 Å². The van der Waals surface area contributed by atoms with Gasteiger partial charge in [-0.1, -0.05) is 20.3 Å². The summed E-state index contributed by atoms with van der Waals surface area (Å²) in [4.78, 5) is 2.94. The van der Waals surface area contributed by atoms with Crippen molar-refractivity contribution in [3.05, 3.63) is 0 Å². The molecule has 0 aromatic carbocycles. The summed E-state index contributed by atoms with van der Waals surface area (Å²) in [6, 6.07) is 0.992. The zero-order valence-corrected chi connectivity index (χ0v) is 10.3. The lowest BCUT2D eigenvalue weighted by Gasteiger charge is -2.36. The second-order valence-corrected chi connectivity index (χ2v) is 6.58. The molecule has 1 aliphatic carbocycles. The summed E-state index contributed by atoms with van der Waals surface area (Å²) in [5, 5.41) is 0. The van der Waals surface area contributed by atoms with E-state index in [-0.39, 0.29) is 0 Å². The van der Waals surface area contributed by atoms with Crippen LogP contribution in [0.3, 0.4) is 0 Å². The van der Waals surface area contributed by atoms with Gasteiger partial charge >= 0.3 is 0 Å². The number of fused-ring (bicyclic) bond motifs is 3. The van der Waals surface area contributed by atoms with Crippen LogP contribution in [0.2, 0.25) is 0 Å². The molecule has 0 aromatic rings. The topological polar surface area (TPSA) is 3.24 Å². The molecule has 0 aromatic heterocycles. The maximum absolute atomic E-state index is 2.94. The van der Waals surface area contributed by atoms with Crippen LogP contribution in [0, 0.1) is 11.8 Å². The van der Waals surface area contributed by atoms with Gasteiger partial charge in [0.15, 0.2) is 0 Å². The fraction of sp³-hybridized carbons (Fsp3) is 1.00. The summed E-state index contributed by atoms with van der Waals surface area (Å²) in [6.07, 6.45) is 10.5. The van der Waals surface area contributed by atoms with E-state index in [2.05, 4.69) is 18.7 Å². The quantitative estimate of drug-likeness (QED) is 0.670. The fourth-order valence-corrected chi connectivity index (χ4v) is 4.91. The highest BCUT2D eigenvalue weighted by Gasteiger charge is 2.54. The summed E-state index contributed by atoms with van der Waals surface area (Å²) in [7, 11) is 0. The van der Waals surface area contributed by atoms with Gasteiger partial charge in [0.25, 0.3) is 0 Å². The Morgan fingerprint density at radius 3 is 2.93 bits per heavy atom. The Balaban J connectivity index is 1.82. The predicted molar refractivity (Wildman–Crippen MR) is 63.9 cm³/mol. The molecule has 1 saturated carbocycles. The summed E-state index contributed by atoms with van der Waals surface area (Å²) in [5.41, 5.74) is 0.657. The zero-order chi connectivity index (χ0) is 10.5. The van der Waals surface area contributed by atoms with Crippen molar-refractivity contribution in [2.75, 3.05) is 6.54 Å². The second-order valence-electron chi connectivity index (χ2n) is 6.58. The van der Waals surface area contributed by atoms with Crippen LogP contribution in [0.15, 0.2) is 0 Å². The molecule has 3 aliphatic rings. The molecular formula is C14H25N. The first-order valence-electron chi connectivity index (χ1n) is 6.98. The van der Waals surface area contributed by atoms with Crippen LogP contribution in [0.4, 0.5) is 0 Å². The van der Waals surface area contributed by atoms with E-state index in [0.29, 0.717) is 5.54 Å². The zero-order valence-electron chi connectivity index (χ0n) is 10.3. The van der Waals surface area contributed by atoms with Crippen LogP contribution in [-0.4, -0.2) is 23.0 Å². The van der Waals surface area contributed by atoms with Crippen LogP contribution in [-0.2, 0) is 0 Å². The van der Waals surface area contributed by atoms with Crippen molar-refractivity contribution in [1.29, 1.82) is 0 Å². The highest BCUT2D eigenvalue weighted by atomic mass is 15.3. The molecule has 0 bridgehead atoms. The molecule has 0 radical (unpaired) electrons. The van der Waals surface area contributed by atoms with E-state index in [4.69, 9.17) is 0 Å². The van der Waals surface area contributed by atoms with Gasteiger partial charge in [0.05, 0.1) is 0 Å². The van der Waals surface area contributed by atoms with Gasteiger partial charge in [0, 0.05) is 11.6 Å². The Morgan fingerprint density at radius 2 is 2.13 bits per heavy atom. The van der Waals surface area contributed by atoms with Crippen molar-refractivity contribution in [2.45, 2.75) is 70.4 Å². The van der Waals surface area contributed by atoms with E-state index in [0.717, 1.165) is 17.9 Å². The lowest BCUT2D eigenvalue weighted by molar-refractivity contribution is 0.124. The third-order valence-electron chi connectivity index (χ3n) is 5.10. The van der Waals surface area contributed by atoms with Gasteiger partial charge in [-0.05, 0) is 56.9 Å². The van der Waals surface area contributed by atoms with Crippen molar-refractivity contribution >= 4 is 0 Å². The molecule has 1 nitrogen and oxygen atoms in total. The number of hydrogen-bond acceptors (Lipinski definition) is 1. The maximum atomic E-state index is 2.94. The standard InChI is InChI=1S/C14H25N/c1-11(2)9-14-7-4-8-15(14)13-6-3-5-12(13)10-14/h11-13H,3-10H2,1-2H3. The van der Waals surface area contributed by atoms with Crippen LogP contribution < -0.4 is 0 Å². The van der Waals surface area contributed by atoms with E-state index in [1.807, 2.05) is 0 Å². The highest BCUT2D eigenvalue weighted by Crippen LogP contribution is 2.53. The van der Waals surface area contributed by atoms with E-state index in [9.17, 15) is 0 Å². The van der Waals surface area contributed by atoms with E-state index in [1.165, 1.54) is 51.5 Å². The Bertz CT molecular complexity index is 248. The van der Waals surface area contributed by atoms with Crippen LogP contribution in [0.25, 0.3) is 0 Å². The predicted octanol–water partition coefficient (Wildman–Crippen LogP) is 3.44. The van der Waals surface area contributed by atoms with Gasteiger partial charge in [-0.2, -0.15) is 0 Å². The molecule has 86 valence electrons. The molecular weight excluding hydrogens is 182 g/mol. The lowest BCUT2D eigenvalue weighted by Crippen LogP contribution is -2.42. The number of rotatable bonds is 2. The van der Waals surface area contributed by atoms with Crippen molar-refractivity contribution in [3.63, 3.8) is 0 Å². The van der Waals surface area contributed by atoms with Crippen LogP contribution >= 0.6 is 0 Å². The van der Waals surface area contributed by atoms with Crippen molar-refractivity contribution < 1.29 is 0 Å². The molecule has 3 unspecified atom stereocenters. The first-order valence-corrected chi connectivity index (χ1v) is 6.98. The summed E-state index contributed by atoms with van der Waals surface area (Å²) >= 11 is 0. The maximum Gasteiger partial charge on any atom is 0.0218 e. The Kier molecular flexibility index (Phi) is 2.35. The van der Waals surface area contributed by atoms with E-state index >= 15 is 0 Å². The van der Waals surface area contributed by atoms with Gasteiger partial charge in [-0.25, -0.2) is 0 Å². The molecule has 3 fully saturated rings. The summed E-state index contributed by atoms with van der Waals surface area (Å²) in [6.45, 7) is 6.21. The van der Waals surface area contributed by atoms with Gasteiger partial charge in [-0.3, -0.25) is 4.90 Å². The first-order chi connectivity index (χ1) is 7.21. The smallest absolute Gasteiger partial charge is 0.0218 e. The molecule has 2 heterocycles. The largest absolute Gasteiger partial charge is 0.294 e. The summed E-state index contributed by atoms with van der Waals surface area (Å²) < 4.78 is 0. The fourth-order valence-electron chi connectivity index (χ4n) is 4.91. The van der Waals surface area contributed by atoms with Crippen molar-refractivity contribution in [1.82, 2.24) is 4.90 Å². The number of hydrogen-bond donors (Lipinski definition) is 0. The van der Waals surface area contributed by atoms with E-state index < -0.39 is 0 Å². The normalized spacial score (nSPS) is 45.0. The van der Waals surface area contributed by atoms with Gasteiger partial charge in [0.2, 0.25) is 0 Å². The van der Waals surface area contributed by atoms with Crippen LogP contribution in [0.1, 0.15) is 58.8 Å². The minimum atomic E-state index is 0.657. The van der Waals surface area contributed by atoms with Gasteiger partial charge < -0.3 is 0 Å². The van der Waals surface area contributed by atoms with Crippen LogP contribution in [0.5, 0.6) is 0 Å². The SMILES string of the molecule is CC(C)CC12CCCN1C1CCCC1C2. The molecule has 0 N–H and O–H groups in total. The van der Waals surface area contributed by atoms with Crippen molar-refractivity contribution in [2.24, 2.45) is 11.8 Å². The molecule has 2 aliphatic heterocycles. The molecule has 2 saturated heterocycles. The molecule has 0 amide bonds. The number of nitrogens with zero attached hydrogens (tertiary/aromatic N) is 1. The molecule has 15 heavy (non-hydrogen) atoms. The van der Waals surface area contributed by atoms with Gasteiger partial charge in [0.1, 0.15) is 0 Å². The lowest BCUT2D eigenvalue weighted by atomic mass is 9.82.